The van der Waals surface area contributed by atoms with Gasteiger partial charge in [0.05, 0.1) is 30.8 Å². The highest BCUT2D eigenvalue weighted by Crippen LogP contribution is 2.65. The molecule has 0 aromatic rings. The largest absolute Gasteiger partial charge is 0.465 e. The zero-order valence-corrected chi connectivity index (χ0v) is 27.4. The smallest absolute Gasteiger partial charge is 0.312 e. The quantitative estimate of drug-likeness (QED) is 0.159. The highest BCUT2D eigenvalue weighted by Gasteiger charge is 2.80. The monoisotopic (exact) mass is 588 g/mol. The molecule has 2 bridgehead atoms. The molecular weight excluding hydrogens is 532 g/mol. The number of amides is 2. The Balaban J connectivity index is 2.17. The molecule has 8 nitrogen and oxygen atoms in total. The van der Waals surface area contributed by atoms with Crippen LogP contribution in [0, 0.1) is 23.2 Å². The van der Waals surface area contributed by atoms with Gasteiger partial charge in [-0.3, -0.25) is 14.4 Å². The van der Waals surface area contributed by atoms with Gasteiger partial charge >= 0.3 is 5.97 Å². The predicted octanol–water partition coefficient (Wildman–Crippen LogP) is 5.29. The topological polar surface area (TPSA) is 96.4 Å². The summed E-state index contributed by atoms with van der Waals surface area (Å²) in [4.78, 5) is 46.8. The summed E-state index contributed by atoms with van der Waals surface area (Å²) < 4.78 is 12.7. The predicted molar refractivity (Wildman–Crippen MR) is 164 cm³/mol. The number of allylic oxidation sites excluding steroid dienone is 1. The second-order valence-corrected chi connectivity index (χ2v) is 14.6. The van der Waals surface area contributed by atoms with E-state index in [2.05, 4.69) is 47.8 Å². The van der Waals surface area contributed by atoms with Crippen molar-refractivity contribution in [3.63, 3.8) is 0 Å². The van der Waals surface area contributed by atoms with Gasteiger partial charge in [-0.15, -0.1) is 13.2 Å². The van der Waals surface area contributed by atoms with E-state index in [0.29, 0.717) is 38.6 Å². The van der Waals surface area contributed by atoms with E-state index in [1.165, 1.54) is 0 Å². The van der Waals surface area contributed by atoms with Crippen molar-refractivity contribution in [1.29, 1.82) is 0 Å². The van der Waals surface area contributed by atoms with E-state index >= 15 is 0 Å². The molecule has 3 heterocycles. The minimum Gasteiger partial charge on any atom is -0.465 e. The number of likely N-dealkylation sites (tertiary alicyclic amines) is 1. The number of esters is 1. The number of fused-ring (bicyclic) bond motifs is 1. The first-order chi connectivity index (χ1) is 19.6. The molecule has 238 valence electrons. The van der Waals surface area contributed by atoms with Gasteiger partial charge in [0.25, 0.3) is 0 Å². The number of nitrogens with zero attached hydrogens (tertiary/aromatic N) is 2. The number of carbonyl (C=O) groups is 3. The Kier molecular flexibility index (Phi) is 10.5. The lowest BCUT2D eigenvalue weighted by molar-refractivity contribution is -0.166. The number of aliphatic hydroxyl groups excluding tert-OH is 1. The van der Waals surface area contributed by atoms with Crippen LogP contribution < -0.4 is 0 Å². The number of carbonyl (C=O) groups excluding carboxylic acids is 3. The average molecular weight is 589 g/mol. The van der Waals surface area contributed by atoms with Crippen LogP contribution >= 0.6 is 0 Å². The molecule has 2 unspecified atom stereocenters. The van der Waals surface area contributed by atoms with Crippen molar-refractivity contribution in [2.45, 2.75) is 129 Å². The normalized spacial score (nSPS) is 30.2. The van der Waals surface area contributed by atoms with Gasteiger partial charge in [-0.1, -0.05) is 60.1 Å². The molecule has 3 aliphatic heterocycles. The van der Waals surface area contributed by atoms with Gasteiger partial charge in [-0.2, -0.15) is 0 Å². The number of unbranched alkanes of at least 4 members (excludes halogenated alkanes) is 1. The van der Waals surface area contributed by atoms with Crippen LogP contribution in [0.5, 0.6) is 0 Å². The maximum Gasteiger partial charge on any atom is 0.312 e. The zero-order valence-electron chi connectivity index (χ0n) is 27.4. The molecule has 1 spiro atoms. The first-order valence-electron chi connectivity index (χ1n) is 15.9. The van der Waals surface area contributed by atoms with Gasteiger partial charge in [0.15, 0.2) is 0 Å². The average Bonchev–Trinajstić information content (AvgIpc) is 3.52. The number of rotatable bonds is 15. The Bertz CT molecular complexity index is 1030. The van der Waals surface area contributed by atoms with Gasteiger partial charge in [-0.05, 0) is 63.7 Å². The molecule has 8 heteroatoms. The molecule has 3 saturated heterocycles. The molecule has 3 fully saturated rings. The highest BCUT2D eigenvalue weighted by molar-refractivity contribution is 5.99. The Hall–Kier alpha value is -2.19. The Morgan fingerprint density at radius 3 is 2.38 bits per heavy atom. The third kappa shape index (κ3) is 5.95. The van der Waals surface area contributed by atoms with Crippen molar-refractivity contribution in [1.82, 2.24) is 9.80 Å². The molecule has 0 radical (unpaired) electrons. The van der Waals surface area contributed by atoms with E-state index in [0.717, 1.165) is 12.8 Å². The number of hydrogen-bond donors (Lipinski definition) is 1. The Morgan fingerprint density at radius 2 is 1.86 bits per heavy atom. The second-order valence-electron chi connectivity index (χ2n) is 14.6. The fourth-order valence-corrected chi connectivity index (χ4v) is 8.26. The summed E-state index contributed by atoms with van der Waals surface area (Å²) in [7, 11) is 0. The van der Waals surface area contributed by atoms with Crippen molar-refractivity contribution in [3.05, 3.63) is 25.3 Å². The highest BCUT2D eigenvalue weighted by atomic mass is 16.6. The van der Waals surface area contributed by atoms with Crippen LogP contribution in [0.25, 0.3) is 0 Å². The van der Waals surface area contributed by atoms with Crippen LogP contribution in [-0.2, 0) is 23.9 Å². The van der Waals surface area contributed by atoms with Crippen LogP contribution in [0.15, 0.2) is 25.3 Å². The van der Waals surface area contributed by atoms with Crippen LogP contribution in [0.1, 0.15) is 100 Å². The first kappa shape index (κ1) is 34.3. The van der Waals surface area contributed by atoms with E-state index in [9.17, 15) is 19.5 Å². The van der Waals surface area contributed by atoms with Crippen molar-refractivity contribution in [3.8, 4) is 0 Å². The molecule has 7 atom stereocenters. The molecule has 0 aliphatic carbocycles. The third-order valence-corrected chi connectivity index (χ3v) is 10.0. The summed E-state index contributed by atoms with van der Waals surface area (Å²) in [6.45, 7) is 24.5. The molecule has 2 amide bonds. The van der Waals surface area contributed by atoms with Crippen LogP contribution in [-0.4, -0.2) is 81.3 Å². The van der Waals surface area contributed by atoms with E-state index in [1.54, 1.807) is 17.1 Å². The minimum absolute atomic E-state index is 0.0609. The first-order valence-corrected chi connectivity index (χ1v) is 15.9. The second kappa shape index (κ2) is 12.8. The van der Waals surface area contributed by atoms with Gasteiger partial charge in [0.1, 0.15) is 17.6 Å². The molecule has 3 aliphatic rings. The lowest BCUT2D eigenvalue weighted by atomic mass is 9.65. The molecule has 3 rings (SSSR count). The molecular formula is C34H56N2O6. The summed E-state index contributed by atoms with van der Waals surface area (Å²) >= 11 is 0. The van der Waals surface area contributed by atoms with Crippen LogP contribution in [0.3, 0.4) is 0 Å². The maximum absolute atomic E-state index is 15.0. The van der Waals surface area contributed by atoms with Gasteiger partial charge in [0, 0.05) is 12.1 Å². The Morgan fingerprint density at radius 1 is 1.19 bits per heavy atom. The van der Waals surface area contributed by atoms with Crippen molar-refractivity contribution >= 4 is 17.8 Å². The van der Waals surface area contributed by atoms with Gasteiger partial charge < -0.3 is 24.4 Å². The van der Waals surface area contributed by atoms with Crippen LogP contribution in [0.4, 0.5) is 0 Å². The van der Waals surface area contributed by atoms with Gasteiger partial charge in [0.2, 0.25) is 11.8 Å². The van der Waals surface area contributed by atoms with Crippen molar-refractivity contribution in [2.24, 2.45) is 23.2 Å². The van der Waals surface area contributed by atoms with E-state index < -0.39 is 46.6 Å². The van der Waals surface area contributed by atoms with Crippen molar-refractivity contribution < 1.29 is 29.0 Å². The van der Waals surface area contributed by atoms with E-state index in [4.69, 9.17) is 9.47 Å². The van der Waals surface area contributed by atoms with Gasteiger partial charge in [-0.25, -0.2) is 0 Å². The molecule has 0 aromatic heterocycles. The van der Waals surface area contributed by atoms with Crippen molar-refractivity contribution in [2.75, 3.05) is 19.8 Å². The molecule has 0 aromatic carbocycles. The zero-order chi connectivity index (χ0) is 31.7. The fourth-order valence-electron chi connectivity index (χ4n) is 8.26. The summed E-state index contributed by atoms with van der Waals surface area (Å²) in [5.74, 6) is -2.66. The summed E-state index contributed by atoms with van der Waals surface area (Å²) in [5, 5.41) is 10.7. The molecule has 1 N–H and O–H groups in total. The lowest BCUT2D eigenvalue weighted by Crippen LogP contribution is -2.63. The minimum atomic E-state index is -1.17. The van der Waals surface area contributed by atoms with Crippen LogP contribution in [0.2, 0.25) is 0 Å². The summed E-state index contributed by atoms with van der Waals surface area (Å²) in [5.41, 5.74) is -2.65. The lowest BCUT2D eigenvalue weighted by Gasteiger charge is -2.47. The summed E-state index contributed by atoms with van der Waals surface area (Å²) in [6.07, 6.45) is 7.92. The fraction of sp³-hybridized carbons (Fsp3) is 0.794. The number of hydrogen-bond acceptors (Lipinski definition) is 6. The Labute approximate surface area is 253 Å². The SMILES string of the molecule is C=CCCCOC(=O)[C@@H]1[C@H]2C(=O)N([C@@H](CO)[C@@H](C)CC)C(C(=O)N(CC=C)C(C)(C)CC(C)(C)C)C23CC[C@@]1(CC)O3. The molecule has 0 saturated carbocycles. The molecule has 42 heavy (non-hydrogen) atoms. The van der Waals surface area contributed by atoms with E-state index in [1.807, 2.05) is 25.7 Å². The van der Waals surface area contributed by atoms with E-state index in [-0.39, 0.29) is 36.4 Å². The maximum atomic E-state index is 15.0. The number of aliphatic hydroxyl groups is 1. The number of ether oxygens (including phenoxy) is 2. The third-order valence-electron chi connectivity index (χ3n) is 10.0. The standard InChI is InChI=1S/C34H56N2O6/c1-11-15-16-20-41-30(40)26-25-28(38)36(24(21-37)23(5)13-3)27(34(25)18-17-33(26,14-4)42-34)29(39)35(19-12-2)32(9,10)22-31(6,7)8/h11-12,23-27,37H,1-2,13-22H2,3-10H3/t23-,24-,25-,26-,27?,33+,34?/m0/s1. The summed E-state index contributed by atoms with van der Waals surface area (Å²) in [6, 6.07) is -1.55.